The number of nitrogens with zero attached hydrogens (tertiary/aromatic N) is 4. The van der Waals surface area contributed by atoms with Gasteiger partial charge in [0, 0.05) is 14.1 Å². The predicted octanol–water partition coefficient (Wildman–Crippen LogP) is 3.74. The first kappa shape index (κ1) is 21.9. The Labute approximate surface area is 197 Å². The van der Waals surface area contributed by atoms with E-state index in [1.165, 1.54) is 7.05 Å². The van der Waals surface area contributed by atoms with Gasteiger partial charge in [-0.2, -0.15) is 5.26 Å². The molecule has 0 unspecified atom stereocenters. The molecule has 172 valence electrons. The van der Waals surface area contributed by atoms with E-state index in [1.807, 2.05) is 43.3 Å². The Hall–Kier alpha value is -3.89. The molecule has 0 radical (unpaired) electrons. The van der Waals surface area contributed by atoms with Crippen LogP contribution in [0.2, 0.25) is 0 Å². The van der Waals surface area contributed by atoms with Crippen molar-refractivity contribution in [3.8, 4) is 17.3 Å². The highest BCUT2D eigenvalue weighted by Gasteiger charge is 2.40. The molecule has 1 atom stereocenters. The van der Waals surface area contributed by atoms with Crippen molar-refractivity contribution < 1.29 is 4.74 Å². The summed E-state index contributed by atoms with van der Waals surface area (Å²) < 4.78 is 11.3. The predicted molar refractivity (Wildman–Crippen MR) is 131 cm³/mol. The summed E-state index contributed by atoms with van der Waals surface area (Å²) in [4.78, 5) is 26.6. The lowest BCUT2D eigenvalue weighted by Gasteiger charge is -2.39. The summed E-state index contributed by atoms with van der Waals surface area (Å²) in [6.45, 7) is 6.59. The van der Waals surface area contributed by atoms with E-state index in [-0.39, 0.29) is 11.2 Å². The van der Waals surface area contributed by atoms with Gasteiger partial charge in [0.2, 0.25) is 0 Å². The van der Waals surface area contributed by atoms with Crippen LogP contribution in [0.1, 0.15) is 42.3 Å². The molecule has 7 nitrogen and oxygen atoms in total. The van der Waals surface area contributed by atoms with Crippen molar-refractivity contribution >= 4 is 10.9 Å². The second-order valence-electron chi connectivity index (χ2n) is 9.60. The molecule has 3 heterocycles. The second-order valence-corrected chi connectivity index (χ2v) is 9.60. The molecular formula is C27H26N4O3. The quantitative estimate of drug-likeness (QED) is 0.462. The van der Waals surface area contributed by atoms with Crippen molar-refractivity contribution in [1.29, 1.82) is 5.26 Å². The van der Waals surface area contributed by atoms with Gasteiger partial charge in [0.1, 0.15) is 6.10 Å². The first-order valence-electron chi connectivity index (χ1n) is 11.2. The van der Waals surface area contributed by atoms with E-state index in [1.54, 1.807) is 23.7 Å². The maximum Gasteiger partial charge on any atom is 0.331 e. The van der Waals surface area contributed by atoms with Gasteiger partial charge in [-0.15, -0.1) is 0 Å². The van der Waals surface area contributed by atoms with E-state index in [0.29, 0.717) is 23.1 Å². The molecule has 0 amide bonds. The van der Waals surface area contributed by atoms with Crippen LogP contribution in [0.25, 0.3) is 22.2 Å². The highest BCUT2D eigenvalue weighted by atomic mass is 16.5. The average molecular weight is 455 g/mol. The van der Waals surface area contributed by atoms with Crippen molar-refractivity contribution in [2.45, 2.75) is 32.4 Å². The largest absolute Gasteiger partial charge is 0.365 e. The summed E-state index contributed by atoms with van der Waals surface area (Å²) in [5.74, 6) is 0. The van der Waals surface area contributed by atoms with Crippen LogP contribution < -0.4 is 11.2 Å². The number of hydrogen-bond acceptors (Lipinski definition) is 4. The molecule has 0 N–H and O–H groups in total. The van der Waals surface area contributed by atoms with Crippen LogP contribution in [0.4, 0.5) is 0 Å². The van der Waals surface area contributed by atoms with Gasteiger partial charge in [0.25, 0.3) is 5.56 Å². The standard InChI is InChI=1S/C27H26N4O3/c1-16-6-10-18(11-7-16)21-20-22(29(4)26(33)30(5)25(20)32)23-24(34-15-27(2,3)31(21)23)19-12-8-17(14-28)9-13-19/h6-13,24H,15H2,1-5H3/t24-/m0/s1. The van der Waals surface area contributed by atoms with Crippen molar-refractivity contribution in [3.63, 3.8) is 0 Å². The monoisotopic (exact) mass is 454 g/mol. The molecule has 2 aromatic carbocycles. The summed E-state index contributed by atoms with van der Waals surface area (Å²) in [6, 6.07) is 17.5. The van der Waals surface area contributed by atoms with Crippen molar-refractivity contribution in [2.75, 3.05) is 6.61 Å². The smallest absolute Gasteiger partial charge is 0.331 e. The number of hydrogen-bond donors (Lipinski definition) is 0. The molecule has 0 aliphatic carbocycles. The van der Waals surface area contributed by atoms with E-state index < -0.39 is 11.6 Å². The molecule has 7 heteroatoms. The van der Waals surface area contributed by atoms with E-state index in [9.17, 15) is 14.9 Å². The second kappa shape index (κ2) is 7.57. The van der Waals surface area contributed by atoms with Crippen molar-refractivity contribution in [1.82, 2.24) is 13.7 Å². The zero-order valence-electron chi connectivity index (χ0n) is 19.9. The van der Waals surface area contributed by atoms with Gasteiger partial charge < -0.3 is 9.30 Å². The van der Waals surface area contributed by atoms with Gasteiger partial charge in [0.15, 0.2) is 0 Å². The number of fused-ring (bicyclic) bond motifs is 3. The van der Waals surface area contributed by atoms with Crippen LogP contribution in [0, 0.1) is 18.3 Å². The third-order valence-electron chi connectivity index (χ3n) is 6.73. The first-order valence-corrected chi connectivity index (χ1v) is 11.2. The maximum atomic E-state index is 13.6. The summed E-state index contributed by atoms with van der Waals surface area (Å²) in [5, 5.41) is 9.72. The Balaban J connectivity index is 1.97. The third-order valence-corrected chi connectivity index (χ3v) is 6.73. The Bertz CT molecular complexity index is 1590. The Morgan fingerprint density at radius 2 is 1.65 bits per heavy atom. The number of benzene rings is 2. The lowest BCUT2D eigenvalue weighted by Crippen LogP contribution is -2.40. The fraction of sp³-hybridized carbons (Fsp3) is 0.296. The van der Waals surface area contributed by atoms with Crippen LogP contribution in [-0.4, -0.2) is 20.3 Å². The highest BCUT2D eigenvalue weighted by molar-refractivity contribution is 5.96. The van der Waals surface area contributed by atoms with Crippen LogP contribution >= 0.6 is 0 Å². The maximum absolute atomic E-state index is 13.6. The number of nitriles is 1. The fourth-order valence-corrected chi connectivity index (χ4v) is 4.97. The van der Waals surface area contributed by atoms with E-state index >= 15 is 0 Å². The molecule has 0 spiro atoms. The summed E-state index contributed by atoms with van der Waals surface area (Å²) in [6.07, 6.45) is -0.500. The molecule has 4 aromatic rings. The SMILES string of the molecule is Cc1ccc(-c2c3c(=O)n(C)c(=O)n(C)c3c3n2C(C)(C)CO[C@H]3c2ccc(C#N)cc2)cc1. The minimum Gasteiger partial charge on any atom is -0.365 e. The molecule has 0 bridgehead atoms. The van der Waals surface area contributed by atoms with E-state index in [0.717, 1.165) is 32.6 Å². The summed E-state index contributed by atoms with van der Waals surface area (Å²) in [5.41, 5.74) is 4.39. The highest BCUT2D eigenvalue weighted by Crippen LogP contribution is 2.45. The van der Waals surface area contributed by atoms with Crippen LogP contribution in [0.5, 0.6) is 0 Å². The van der Waals surface area contributed by atoms with Crippen LogP contribution in [0.3, 0.4) is 0 Å². The van der Waals surface area contributed by atoms with Gasteiger partial charge in [-0.05, 0) is 44.0 Å². The van der Waals surface area contributed by atoms with Gasteiger partial charge in [-0.3, -0.25) is 13.9 Å². The minimum absolute atomic E-state index is 0.329. The molecule has 0 fully saturated rings. The molecule has 0 saturated heterocycles. The number of aryl methyl sites for hydroxylation is 2. The van der Waals surface area contributed by atoms with Crippen molar-refractivity contribution in [2.24, 2.45) is 14.1 Å². The number of rotatable bonds is 2. The Kier molecular flexibility index (Phi) is 4.88. The molecular weight excluding hydrogens is 428 g/mol. The van der Waals surface area contributed by atoms with Gasteiger partial charge in [-0.25, -0.2) is 4.79 Å². The molecule has 1 aliphatic rings. The summed E-state index contributed by atoms with van der Waals surface area (Å²) in [7, 11) is 3.21. The average Bonchev–Trinajstić information content (AvgIpc) is 3.20. The third kappa shape index (κ3) is 3.06. The fourth-order valence-electron chi connectivity index (χ4n) is 4.97. The normalized spacial score (nSPS) is 16.9. The van der Waals surface area contributed by atoms with Crippen molar-refractivity contribution in [3.05, 3.63) is 91.8 Å². The molecule has 34 heavy (non-hydrogen) atoms. The lowest BCUT2D eigenvalue weighted by atomic mass is 9.97. The van der Waals surface area contributed by atoms with E-state index in [2.05, 4.69) is 24.5 Å². The molecule has 0 saturated carbocycles. The molecule has 5 rings (SSSR count). The first-order chi connectivity index (χ1) is 16.2. The topological polar surface area (TPSA) is 81.9 Å². The Morgan fingerprint density at radius 3 is 2.26 bits per heavy atom. The van der Waals surface area contributed by atoms with E-state index in [4.69, 9.17) is 4.74 Å². The summed E-state index contributed by atoms with van der Waals surface area (Å²) >= 11 is 0. The van der Waals surface area contributed by atoms with Crippen LogP contribution in [0.15, 0.2) is 58.1 Å². The van der Waals surface area contributed by atoms with Gasteiger partial charge >= 0.3 is 5.69 Å². The molecule has 1 aliphatic heterocycles. The zero-order valence-corrected chi connectivity index (χ0v) is 19.9. The lowest BCUT2D eigenvalue weighted by molar-refractivity contribution is -0.00707. The number of aromatic nitrogens is 3. The van der Waals surface area contributed by atoms with Gasteiger partial charge in [0.05, 0.1) is 46.1 Å². The number of ether oxygens (including phenoxy) is 1. The van der Waals surface area contributed by atoms with Gasteiger partial charge in [-0.1, -0.05) is 42.0 Å². The molecule has 2 aromatic heterocycles. The Morgan fingerprint density at radius 1 is 1.00 bits per heavy atom. The van der Waals surface area contributed by atoms with Crippen LogP contribution in [-0.2, 0) is 24.4 Å². The zero-order chi connectivity index (χ0) is 24.4. The minimum atomic E-state index is -0.500.